The lowest BCUT2D eigenvalue weighted by Crippen LogP contribution is -2.43. The topological polar surface area (TPSA) is 75.7 Å². The molecule has 0 spiro atoms. The summed E-state index contributed by atoms with van der Waals surface area (Å²) < 4.78 is 32.4. The van der Waals surface area contributed by atoms with Crippen molar-refractivity contribution in [1.29, 1.82) is 0 Å². The van der Waals surface area contributed by atoms with Gasteiger partial charge >= 0.3 is 0 Å². The first-order chi connectivity index (χ1) is 14.4. The summed E-state index contributed by atoms with van der Waals surface area (Å²) in [6, 6.07) is 14.6. The van der Waals surface area contributed by atoms with E-state index < -0.39 is 10.0 Å². The van der Waals surface area contributed by atoms with Gasteiger partial charge in [-0.25, -0.2) is 12.7 Å². The second kappa shape index (κ2) is 10.3. The van der Waals surface area contributed by atoms with Gasteiger partial charge in [0.15, 0.2) is 0 Å². The number of piperidine rings is 1. The number of nitrogens with zero attached hydrogens (tertiary/aromatic N) is 1. The Labute approximate surface area is 183 Å². The number of sulfonamides is 1. The zero-order valence-corrected chi connectivity index (χ0v) is 18.6. The molecule has 1 saturated heterocycles. The number of hydrogen-bond donors (Lipinski definition) is 1. The molecule has 0 unspecified atom stereocenters. The molecule has 3 rings (SSSR count). The highest BCUT2D eigenvalue weighted by Crippen LogP contribution is 2.24. The lowest BCUT2D eigenvalue weighted by Gasteiger charge is -2.30. The van der Waals surface area contributed by atoms with Crippen LogP contribution in [0, 0.1) is 5.92 Å². The van der Waals surface area contributed by atoms with Gasteiger partial charge in [0, 0.05) is 30.6 Å². The summed E-state index contributed by atoms with van der Waals surface area (Å²) in [4.78, 5) is 12.5. The number of nitrogens with one attached hydrogen (secondary N) is 1. The predicted molar refractivity (Wildman–Crippen MR) is 118 cm³/mol. The Morgan fingerprint density at radius 3 is 2.60 bits per heavy atom. The monoisotopic (exact) mass is 450 g/mol. The first-order valence-electron chi connectivity index (χ1n) is 10.1. The minimum Gasteiger partial charge on any atom is -0.494 e. The molecule has 0 radical (unpaired) electrons. The van der Waals surface area contributed by atoms with E-state index in [0.717, 1.165) is 11.3 Å². The number of carbonyl (C=O) groups is 1. The quantitative estimate of drug-likeness (QED) is 0.666. The standard InChI is InChI=1S/C22H27ClN2O4S/c1-2-29-20-8-5-6-17(14-20)15-24-22(26)18-10-12-25(13-11-18)30(27,28)16-19-7-3-4-9-21(19)23/h3-9,14,18H,2,10-13,15-16H2,1H3,(H,24,26). The largest absolute Gasteiger partial charge is 0.494 e. The van der Waals surface area contributed by atoms with E-state index in [1.165, 1.54) is 4.31 Å². The van der Waals surface area contributed by atoms with Crippen molar-refractivity contribution < 1.29 is 17.9 Å². The third-order valence-electron chi connectivity index (χ3n) is 5.19. The van der Waals surface area contributed by atoms with E-state index in [9.17, 15) is 13.2 Å². The molecule has 0 atom stereocenters. The fraction of sp³-hybridized carbons (Fsp3) is 0.409. The summed E-state index contributed by atoms with van der Waals surface area (Å²) in [7, 11) is -3.47. The van der Waals surface area contributed by atoms with E-state index >= 15 is 0 Å². The maximum Gasteiger partial charge on any atom is 0.223 e. The number of ether oxygens (including phenoxy) is 1. The third kappa shape index (κ3) is 5.97. The van der Waals surface area contributed by atoms with E-state index in [4.69, 9.17) is 16.3 Å². The van der Waals surface area contributed by atoms with Crippen molar-refractivity contribution in [3.05, 3.63) is 64.7 Å². The minimum atomic E-state index is -3.47. The zero-order chi connectivity index (χ0) is 21.6. The minimum absolute atomic E-state index is 0.0417. The summed E-state index contributed by atoms with van der Waals surface area (Å²) in [5.74, 6) is 0.424. The van der Waals surface area contributed by atoms with Crippen molar-refractivity contribution in [2.24, 2.45) is 5.92 Å². The molecule has 30 heavy (non-hydrogen) atoms. The van der Waals surface area contributed by atoms with E-state index in [-0.39, 0.29) is 17.6 Å². The van der Waals surface area contributed by atoms with Gasteiger partial charge in [0.25, 0.3) is 0 Å². The number of amides is 1. The van der Waals surface area contributed by atoms with Crippen molar-refractivity contribution in [3.63, 3.8) is 0 Å². The Hall–Kier alpha value is -2.09. The van der Waals surface area contributed by atoms with E-state index in [2.05, 4.69) is 5.32 Å². The highest BCUT2D eigenvalue weighted by Gasteiger charge is 2.31. The molecule has 1 fully saturated rings. The van der Waals surface area contributed by atoms with Gasteiger partial charge in [-0.15, -0.1) is 0 Å². The fourth-order valence-corrected chi connectivity index (χ4v) is 5.42. The zero-order valence-electron chi connectivity index (χ0n) is 17.0. The number of hydrogen-bond acceptors (Lipinski definition) is 4. The van der Waals surface area contributed by atoms with Crippen molar-refractivity contribution in [2.75, 3.05) is 19.7 Å². The first-order valence-corrected chi connectivity index (χ1v) is 12.1. The Morgan fingerprint density at radius 1 is 1.17 bits per heavy atom. The lowest BCUT2D eigenvalue weighted by molar-refractivity contribution is -0.126. The van der Waals surface area contributed by atoms with Gasteiger partial charge in [-0.1, -0.05) is 41.9 Å². The molecule has 162 valence electrons. The molecule has 0 saturated carbocycles. The molecular formula is C22H27ClN2O4S. The second-order valence-electron chi connectivity index (χ2n) is 7.32. The number of carbonyl (C=O) groups excluding carboxylic acids is 1. The van der Waals surface area contributed by atoms with Gasteiger partial charge in [-0.3, -0.25) is 4.79 Å². The fourth-order valence-electron chi connectivity index (χ4n) is 3.54. The normalized spacial score (nSPS) is 15.7. The summed E-state index contributed by atoms with van der Waals surface area (Å²) in [6.07, 6.45) is 1.01. The van der Waals surface area contributed by atoms with E-state index in [0.29, 0.717) is 49.7 Å². The van der Waals surface area contributed by atoms with Crippen LogP contribution in [0.5, 0.6) is 5.75 Å². The Bertz CT molecular complexity index is 973. The molecule has 1 N–H and O–H groups in total. The molecule has 6 nitrogen and oxygen atoms in total. The number of rotatable bonds is 8. The molecule has 1 aliphatic rings. The molecule has 8 heteroatoms. The van der Waals surface area contributed by atoms with Gasteiger partial charge < -0.3 is 10.1 Å². The molecule has 2 aromatic carbocycles. The van der Waals surface area contributed by atoms with Gasteiger partial charge in [0.05, 0.1) is 12.4 Å². The predicted octanol–water partition coefficient (Wildman–Crippen LogP) is 3.60. The highest BCUT2D eigenvalue weighted by molar-refractivity contribution is 7.88. The van der Waals surface area contributed by atoms with Crippen LogP contribution in [-0.2, 0) is 27.1 Å². The van der Waals surface area contributed by atoms with Crippen LogP contribution >= 0.6 is 11.6 Å². The van der Waals surface area contributed by atoms with Crippen LogP contribution in [0.25, 0.3) is 0 Å². The van der Waals surface area contributed by atoms with Crippen LogP contribution in [0.2, 0.25) is 5.02 Å². The molecule has 1 heterocycles. The van der Waals surface area contributed by atoms with E-state index in [1.54, 1.807) is 24.3 Å². The molecule has 1 amide bonds. The maximum absolute atomic E-state index is 12.7. The van der Waals surface area contributed by atoms with Crippen LogP contribution in [0.3, 0.4) is 0 Å². The van der Waals surface area contributed by atoms with E-state index in [1.807, 2.05) is 31.2 Å². The molecular weight excluding hydrogens is 424 g/mol. The average Bonchev–Trinajstić information content (AvgIpc) is 2.74. The number of benzene rings is 2. The van der Waals surface area contributed by atoms with Gasteiger partial charge in [-0.05, 0) is 49.1 Å². The van der Waals surface area contributed by atoms with Crippen LogP contribution in [0.15, 0.2) is 48.5 Å². The molecule has 0 aliphatic carbocycles. The first kappa shape index (κ1) is 22.6. The van der Waals surface area contributed by atoms with Crippen LogP contribution in [0.1, 0.15) is 30.9 Å². The summed E-state index contributed by atoms with van der Waals surface area (Å²) in [6.45, 7) is 3.61. The Kier molecular flexibility index (Phi) is 7.75. The summed E-state index contributed by atoms with van der Waals surface area (Å²) >= 11 is 6.10. The van der Waals surface area contributed by atoms with Gasteiger partial charge in [0.1, 0.15) is 5.75 Å². The van der Waals surface area contributed by atoms with Crippen LogP contribution in [0.4, 0.5) is 0 Å². The van der Waals surface area contributed by atoms with Crippen LogP contribution in [-0.4, -0.2) is 38.3 Å². The Morgan fingerprint density at radius 2 is 1.90 bits per heavy atom. The summed E-state index contributed by atoms with van der Waals surface area (Å²) in [5.41, 5.74) is 1.56. The van der Waals surface area contributed by atoms with Crippen molar-refractivity contribution >= 4 is 27.5 Å². The lowest BCUT2D eigenvalue weighted by atomic mass is 9.97. The van der Waals surface area contributed by atoms with Crippen LogP contribution < -0.4 is 10.1 Å². The smallest absolute Gasteiger partial charge is 0.223 e. The van der Waals surface area contributed by atoms with Crippen molar-refractivity contribution in [3.8, 4) is 5.75 Å². The van der Waals surface area contributed by atoms with Gasteiger partial charge in [-0.2, -0.15) is 0 Å². The van der Waals surface area contributed by atoms with Gasteiger partial charge in [0.2, 0.25) is 15.9 Å². The SMILES string of the molecule is CCOc1cccc(CNC(=O)C2CCN(S(=O)(=O)Cc3ccccc3Cl)CC2)c1. The molecule has 0 bridgehead atoms. The van der Waals surface area contributed by atoms with Crippen molar-refractivity contribution in [1.82, 2.24) is 9.62 Å². The van der Waals surface area contributed by atoms with Crippen molar-refractivity contribution in [2.45, 2.75) is 32.1 Å². The molecule has 2 aromatic rings. The summed E-state index contributed by atoms with van der Waals surface area (Å²) in [5, 5.41) is 3.41. The second-order valence-corrected chi connectivity index (χ2v) is 9.70. The average molecular weight is 451 g/mol. The maximum atomic E-state index is 12.7. The molecule has 0 aromatic heterocycles. The molecule has 1 aliphatic heterocycles. The Balaban J connectivity index is 1.50. The third-order valence-corrected chi connectivity index (χ3v) is 7.39. The number of halogens is 1. The highest BCUT2D eigenvalue weighted by atomic mass is 35.5.